The SMILES string of the molecule is CCOc1ccc(N(CC(=O)NCCOc2ccc(S(=O)(=O)N3CCCCC3)cc2)S(=O)(=O)c2ccc(Cl)cc2)cc1. The molecular weight excluding hydrogens is 602 g/mol. The summed E-state index contributed by atoms with van der Waals surface area (Å²) < 4.78 is 66.3. The van der Waals surface area contributed by atoms with Crippen LogP contribution in [0.15, 0.2) is 82.6 Å². The van der Waals surface area contributed by atoms with Gasteiger partial charge in [-0.3, -0.25) is 9.10 Å². The molecule has 1 fully saturated rings. The summed E-state index contributed by atoms with van der Waals surface area (Å²) in [7, 11) is -7.64. The van der Waals surface area contributed by atoms with E-state index >= 15 is 0 Å². The minimum absolute atomic E-state index is 0.0114. The van der Waals surface area contributed by atoms with Crippen LogP contribution in [0.5, 0.6) is 11.5 Å². The summed E-state index contributed by atoms with van der Waals surface area (Å²) >= 11 is 5.94. The van der Waals surface area contributed by atoms with Gasteiger partial charge in [0.1, 0.15) is 24.7 Å². The third-order valence-electron chi connectivity index (χ3n) is 6.59. The van der Waals surface area contributed by atoms with E-state index in [1.165, 1.54) is 40.7 Å². The number of sulfonamides is 2. The second-order valence-electron chi connectivity index (χ2n) is 9.53. The van der Waals surface area contributed by atoms with Crippen LogP contribution in [0.1, 0.15) is 26.2 Å². The van der Waals surface area contributed by atoms with Gasteiger partial charge in [-0.25, -0.2) is 16.8 Å². The molecule has 1 heterocycles. The molecule has 0 bridgehead atoms. The number of hydrogen-bond acceptors (Lipinski definition) is 7. The summed E-state index contributed by atoms with van der Waals surface area (Å²) in [6.45, 7) is 3.08. The van der Waals surface area contributed by atoms with Crippen molar-refractivity contribution in [1.29, 1.82) is 0 Å². The number of amides is 1. The van der Waals surface area contributed by atoms with Gasteiger partial charge in [-0.1, -0.05) is 18.0 Å². The number of carbonyl (C=O) groups is 1. The Kier molecular flexibility index (Phi) is 10.7. The standard InChI is InChI=1S/C29H34ClN3O7S2/c1-2-39-25-10-8-24(9-11-25)33(42(37,38)28-14-6-23(30)7-15-28)22-29(34)31-18-21-40-26-12-16-27(17-13-26)41(35,36)32-19-4-3-5-20-32/h6-17H,2-5,18-22H2,1H3,(H,31,34). The molecular formula is C29H34ClN3O7S2. The van der Waals surface area contributed by atoms with Crippen molar-refractivity contribution in [3.8, 4) is 11.5 Å². The van der Waals surface area contributed by atoms with Crippen molar-refractivity contribution in [2.75, 3.05) is 43.7 Å². The summed E-state index contributed by atoms with van der Waals surface area (Å²) in [5, 5.41) is 3.06. The fraction of sp³-hybridized carbons (Fsp3) is 0.345. The van der Waals surface area contributed by atoms with E-state index in [-0.39, 0.29) is 22.9 Å². The molecule has 3 aromatic rings. The molecule has 0 saturated carbocycles. The van der Waals surface area contributed by atoms with Gasteiger partial charge in [-0.15, -0.1) is 0 Å². The first-order valence-corrected chi connectivity index (χ1v) is 16.9. The third-order valence-corrected chi connectivity index (χ3v) is 10.5. The number of nitrogens with zero attached hydrogens (tertiary/aromatic N) is 2. The molecule has 0 radical (unpaired) electrons. The zero-order valence-electron chi connectivity index (χ0n) is 23.2. The van der Waals surface area contributed by atoms with Crippen LogP contribution in [0.2, 0.25) is 5.02 Å². The van der Waals surface area contributed by atoms with Crippen LogP contribution < -0.4 is 19.1 Å². The van der Waals surface area contributed by atoms with E-state index < -0.39 is 32.5 Å². The summed E-state index contributed by atoms with van der Waals surface area (Å²) in [6.07, 6.45) is 2.75. The zero-order chi connectivity index (χ0) is 30.2. The number of benzene rings is 3. The first kappa shape index (κ1) is 31.6. The maximum absolute atomic E-state index is 13.5. The first-order valence-electron chi connectivity index (χ1n) is 13.6. The quantitative estimate of drug-likeness (QED) is 0.278. The van der Waals surface area contributed by atoms with E-state index in [2.05, 4.69) is 5.32 Å². The lowest BCUT2D eigenvalue weighted by atomic mass is 10.2. The van der Waals surface area contributed by atoms with Crippen LogP contribution in [-0.4, -0.2) is 66.4 Å². The number of hydrogen-bond donors (Lipinski definition) is 1. The van der Waals surface area contributed by atoms with E-state index in [0.717, 1.165) is 23.6 Å². The van der Waals surface area contributed by atoms with Gasteiger partial charge in [-0.05, 0) is 92.6 Å². The molecule has 0 atom stereocenters. The molecule has 3 aromatic carbocycles. The first-order chi connectivity index (χ1) is 20.1. The Morgan fingerprint density at radius 1 is 0.833 bits per heavy atom. The summed E-state index contributed by atoms with van der Waals surface area (Å²) in [5.74, 6) is 0.486. The number of halogens is 1. The lowest BCUT2D eigenvalue weighted by Gasteiger charge is -2.25. The molecule has 42 heavy (non-hydrogen) atoms. The molecule has 0 unspecified atom stereocenters. The Bertz CT molecular complexity index is 1540. The van der Waals surface area contributed by atoms with E-state index in [4.69, 9.17) is 21.1 Å². The Balaban J connectivity index is 1.36. The number of ether oxygens (including phenoxy) is 2. The molecule has 1 amide bonds. The Labute approximate surface area is 252 Å². The molecule has 1 aliphatic rings. The number of carbonyl (C=O) groups excluding carboxylic acids is 1. The van der Waals surface area contributed by atoms with Gasteiger partial charge in [0, 0.05) is 18.1 Å². The largest absolute Gasteiger partial charge is 0.494 e. The van der Waals surface area contributed by atoms with Crippen LogP contribution in [0.4, 0.5) is 5.69 Å². The monoisotopic (exact) mass is 635 g/mol. The Morgan fingerprint density at radius 3 is 2.02 bits per heavy atom. The molecule has 226 valence electrons. The lowest BCUT2D eigenvalue weighted by Crippen LogP contribution is -2.41. The smallest absolute Gasteiger partial charge is 0.264 e. The average molecular weight is 636 g/mol. The van der Waals surface area contributed by atoms with Gasteiger partial charge >= 0.3 is 0 Å². The van der Waals surface area contributed by atoms with E-state index in [0.29, 0.717) is 41.9 Å². The molecule has 0 spiro atoms. The van der Waals surface area contributed by atoms with Crippen molar-refractivity contribution < 1.29 is 31.1 Å². The average Bonchev–Trinajstić information content (AvgIpc) is 2.99. The lowest BCUT2D eigenvalue weighted by molar-refractivity contribution is -0.119. The normalized spacial score (nSPS) is 14.2. The van der Waals surface area contributed by atoms with Crippen LogP contribution in [-0.2, 0) is 24.8 Å². The van der Waals surface area contributed by atoms with Crippen molar-refractivity contribution in [2.24, 2.45) is 0 Å². The fourth-order valence-electron chi connectivity index (χ4n) is 4.43. The molecule has 13 heteroatoms. The zero-order valence-corrected chi connectivity index (χ0v) is 25.6. The molecule has 0 aromatic heterocycles. The maximum atomic E-state index is 13.5. The summed E-state index contributed by atoms with van der Waals surface area (Å²) in [6, 6.07) is 18.3. The van der Waals surface area contributed by atoms with E-state index in [1.54, 1.807) is 36.4 Å². The highest BCUT2D eigenvalue weighted by Gasteiger charge is 2.28. The topological polar surface area (TPSA) is 122 Å². The predicted molar refractivity (Wildman–Crippen MR) is 161 cm³/mol. The van der Waals surface area contributed by atoms with Gasteiger partial charge in [0.25, 0.3) is 10.0 Å². The maximum Gasteiger partial charge on any atom is 0.264 e. The Hall–Kier alpha value is -3.32. The van der Waals surface area contributed by atoms with Gasteiger partial charge in [0.15, 0.2) is 0 Å². The number of piperidine rings is 1. The minimum Gasteiger partial charge on any atom is -0.494 e. The van der Waals surface area contributed by atoms with Crippen LogP contribution in [0.25, 0.3) is 0 Å². The van der Waals surface area contributed by atoms with Gasteiger partial charge in [0.05, 0.1) is 28.6 Å². The fourth-order valence-corrected chi connectivity index (χ4v) is 7.50. The van der Waals surface area contributed by atoms with E-state index in [9.17, 15) is 21.6 Å². The van der Waals surface area contributed by atoms with E-state index in [1.807, 2.05) is 6.92 Å². The summed E-state index contributed by atoms with van der Waals surface area (Å²) in [4.78, 5) is 13.1. The second-order valence-corrected chi connectivity index (χ2v) is 13.8. The highest BCUT2D eigenvalue weighted by Crippen LogP contribution is 2.27. The molecule has 0 aliphatic carbocycles. The number of anilines is 1. The molecule has 1 saturated heterocycles. The van der Waals surface area contributed by atoms with Crippen molar-refractivity contribution in [2.45, 2.75) is 36.0 Å². The van der Waals surface area contributed by atoms with Gasteiger partial charge in [0.2, 0.25) is 15.9 Å². The van der Waals surface area contributed by atoms with Crippen molar-refractivity contribution >= 4 is 43.2 Å². The Morgan fingerprint density at radius 2 is 1.40 bits per heavy atom. The highest BCUT2D eigenvalue weighted by atomic mass is 35.5. The third kappa shape index (κ3) is 7.94. The van der Waals surface area contributed by atoms with Crippen LogP contribution >= 0.6 is 11.6 Å². The number of rotatable bonds is 13. The van der Waals surface area contributed by atoms with Crippen LogP contribution in [0, 0.1) is 0 Å². The molecule has 10 nitrogen and oxygen atoms in total. The number of nitrogens with one attached hydrogen (secondary N) is 1. The van der Waals surface area contributed by atoms with Crippen LogP contribution in [0.3, 0.4) is 0 Å². The molecule has 1 aliphatic heterocycles. The minimum atomic E-state index is -4.10. The molecule has 4 rings (SSSR count). The van der Waals surface area contributed by atoms with Gasteiger partial charge < -0.3 is 14.8 Å². The second kappa shape index (κ2) is 14.2. The van der Waals surface area contributed by atoms with Gasteiger partial charge in [-0.2, -0.15) is 4.31 Å². The molecule has 1 N–H and O–H groups in total. The van der Waals surface area contributed by atoms with Crippen molar-refractivity contribution in [1.82, 2.24) is 9.62 Å². The summed E-state index contributed by atoms with van der Waals surface area (Å²) in [5.41, 5.74) is 0.291. The highest BCUT2D eigenvalue weighted by molar-refractivity contribution is 7.92. The predicted octanol–water partition coefficient (Wildman–Crippen LogP) is 4.30. The van der Waals surface area contributed by atoms with Crippen molar-refractivity contribution in [3.63, 3.8) is 0 Å². The van der Waals surface area contributed by atoms with Crippen molar-refractivity contribution in [3.05, 3.63) is 77.8 Å².